The van der Waals surface area contributed by atoms with Crippen LogP contribution in [0.5, 0.6) is 5.75 Å². The Morgan fingerprint density at radius 3 is 2.35 bits per heavy atom. The van der Waals surface area contributed by atoms with E-state index in [0.29, 0.717) is 23.6 Å². The Labute approximate surface area is 148 Å². The van der Waals surface area contributed by atoms with Crippen molar-refractivity contribution >= 4 is 29.4 Å². The van der Waals surface area contributed by atoms with Crippen LogP contribution in [0.2, 0.25) is 0 Å². The first-order valence-electron chi connectivity index (χ1n) is 7.61. The summed E-state index contributed by atoms with van der Waals surface area (Å²) in [5.41, 5.74) is 2.99. The number of rotatable bonds is 6. The molecule has 9 nitrogen and oxygen atoms in total. The molecular weight excluding hydrogens is 340 g/mol. The van der Waals surface area contributed by atoms with E-state index in [1.165, 1.54) is 30.5 Å². The van der Waals surface area contributed by atoms with Crippen molar-refractivity contribution < 1.29 is 19.2 Å². The highest BCUT2D eigenvalue weighted by molar-refractivity contribution is 6.39. The number of hydrogen-bond acceptors (Lipinski definition) is 6. The van der Waals surface area contributed by atoms with Gasteiger partial charge < -0.3 is 10.1 Å². The van der Waals surface area contributed by atoms with E-state index in [0.717, 1.165) is 0 Å². The molecule has 2 amide bonds. The molecule has 0 radical (unpaired) electrons. The lowest BCUT2D eigenvalue weighted by Gasteiger charge is -2.06. The summed E-state index contributed by atoms with van der Waals surface area (Å²) in [6, 6.07) is 12.1. The number of non-ortho nitro benzene ring substituents is 1. The molecule has 0 spiro atoms. The molecule has 2 rings (SSSR count). The van der Waals surface area contributed by atoms with Gasteiger partial charge in [0.25, 0.3) is 5.69 Å². The minimum absolute atomic E-state index is 0.0547. The zero-order valence-corrected chi connectivity index (χ0v) is 13.8. The highest BCUT2D eigenvalue weighted by Crippen LogP contribution is 2.15. The van der Waals surface area contributed by atoms with Crippen LogP contribution in [0.1, 0.15) is 12.5 Å². The van der Waals surface area contributed by atoms with Crippen LogP contribution >= 0.6 is 0 Å². The number of nitrogens with zero attached hydrogens (tertiary/aromatic N) is 2. The number of benzene rings is 2. The van der Waals surface area contributed by atoms with Crippen molar-refractivity contribution in [1.29, 1.82) is 0 Å². The second-order valence-corrected chi connectivity index (χ2v) is 4.96. The van der Waals surface area contributed by atoms with Gasteiger partial charge in [0.2, 0.25) is 0 Å². The standard InChI is InChI=1S/C17H16N4O5/c1-2-26-15-9-5-13(6-10-15)19-16(22)17(23)20-18-11-12-3-7-14(8-4-12)21(24)25/h3-11H,2H2,1H3,(H,19,22)(H,20,23)/b18-11+. The molecule has 0 aromatic heterocycles. The monoisotopic (exact) mass is 356 g/mol. The van der Waals surface area contributed by atoms with E-state index in [9.17, 15) is 19.7 Å². The quantitative estimate of drug-likeness (QED) is 0.355. The van der Waals surface area contributed by atoms with E-state index >= 15 is 0 Å². The van der Waals surface area contributed by atoms with Gasteiger partial charge in [0.1, 0.15) is 5.75 Å². The number of nitro benzene ring substituents is 1. The fourth-order valence-corrected chi connectivity index (χ4v) is 1.89. The van der Waals surface area contributed by atoms with Crippen LogP contribution in [-0.2, 0) is 9.59 Å². The molecule has 2 aromatic carbocycles. The summed E-state index contributed by atoms with van der Waals surface area (Å²) < 4.78 is 5.28. The molecule has 0 aliphatic rings. The maximum absolute atomic E-state index is 11.8. The molecule has 26 heavy (non-hydrogen) atoms. The van der Waals surface area contributed by atoms with E-state index in [-0.39, 0.29) is 5.69 Å². The Morgan fingerprint density at radius 1 is 1.12 bits per heavy atom. The number of anilines is 1. The van der Waals surface area contributed by atoms with Crippen LogP contribution in [-0.4, -0.2) is 29.6 Å². The Bertz CT molecular complexity index is 816. The number of hydrazone groups is 1. The first kappa shape index (κ1) is 18.6. The summed E-state index contributed by atoms with van der Waals surface area (Å²) in [7, 11) is 0. The van der Waals surface area contributed by atoms with Gasteiger partial charge in [0, 0.05) is 17.8 Å². The number of carbonyl (C=O) groups excluding carboxylic acids is 2. The van der Waals surface area contributed by atoms with Crippen LogP contribution < -0.4 is 15.5 Å². The van der Waals surface area contributed by atoms with Crippen LogP contribution in [0.25, 0.3) is 0 Å². The largest absolute Gasteiger partial charge is 0.494 e. The zero-order valence-electron chi connectivity index (χ0n) is 13.8. The first-order chi connectivity index (χ1) is 12.5. The van der Waals surface area contributed by atoms with Gasteiger partial charge in [-0.15, -0.1) is 0 Å². The smallest absolute Gasteiger partial charge is 0.329 e. The number of ether oxygens (including phenoxy) is 1. The number of carbonyl (C=O) groups is 2. The third-order valence-corrected chi connectivity index (χ3v) is 3.11. The summed E-state index contributed by atoms with van der Waals surface area (Å²) in [5, 5.41) is 16.6. The molecule has 0 saturated heterocycles. The molecule has 0 bridgehead atoms. The number of amides is 2. The number of nitro groups is 1. The SMILES string of the molecule is CCOc1ccc(NC(=O)C(=O)N/N=C/c2ccc([N+](=O)[O-])cc2)cc1. The average Bonchev–Trinajstić information content (AvgIpc) is 2.64. The summed E-state index contributed by atoms with van der Waals surface area (Å²) in [6.45, 7) is 2.39. The lowest BCUT2D eigenvalue weighted by molar-refractivity contribution is -0.384. The van der Waals surface area contributed by atoms with E-state index in [1.54, 1.807) is 24.3 Å². The van der Waals surface area contributed by atoms with Gasteiger partial charge in [-0.05, 0) is 48.9 Å². The molecule has 0 fully saturated rings. The molecule has 0 atom stereocenters. The van der Waals surface area contributed by atoms with E-state index in [1.807, 2.05) is 6.92 Å². The van der Waals surface area contributed by atoms with Crippen LogP contribution in [0.15, 0.2) is 53.6 Å². The van der Waals surface area contributed by atoms with Crippen molar-refractivity contribution in [3.8, 4) is 5.75 Å². The molecule has 0 heterocycles. The lowest BCUT2D eigenvalue weighted by Crippen LogP contribution is -2.32. The van der Waals surface area contributed by atoms with Gasteiger partial charge in [-0.2, -0.15) is 5.10 Å². The number of nitrogens with one attached hydrogen (secondary N) is 2. The second kappa shape index (κ2) is 8.92. The minimum Gasteiger partial charge on any atom is -0.494 e. The fraction of sp³-hybridized carbons (Fsp3) is 0.118. The maximum atomic E-state index is 11.8. The molecule has 2 N–H and O–H groups in total. The molecule has 134 valence electrons. The Balaban J connectivity index is 1.86. The summed E-state index contributed by atoms with van der Waals surface area (Å²) >= 11 is 0. The Kier molecular flexibility index (Phi) is 6.38. The van der Waals surface area contributed by atoms with Crippen molar-refractivity contribution in [2.24, 2.45) is 5.10 Å². The van der Waals surface area contributed by atoms with Crippen molar-refractivity contribution in [2.45, 2.75) is 6.92 Å². The molecule has 0 aliphatic heterocycles. The van der Waals surface area contributed by atoms with Gasteiger partial charge in [0.05, 0.1) is 17.7 Å². The van der Waals surface area contributed by atoms with Crippen LogP contribution in [0, 0.1) is 10.1 Å². The van der Waals surface area contributed by atoms with E-state index in [2.05, 4.69) is 15.8 Å². The van der Waals surface area contributed by atoms with E-state index in [4.69, 9.17) is 4.74 Å². The predicted octanol–water partition coefficient (Wildman–Crippen LogP) is 2.08. The molecular formula is C17H16N4O5. The zero-order chi connectivity index (χ0) is 18.9. The average molecular weight is 356 g/mol. The Hall–Kier alpha value is -3.75. The highest BCUT2D eigenvalue weighted by Gasteiger charge is 2.12. The van der Waals surface area contributed by atoms with Crippen LogP contribution in [0.4, 0.5) is 11.4 Å². The molecule has 0 saturated carbocycles. The minimum atomic E-state index is -0.947. The summed E-state index contributed by atoms with van der Waals surface area (Å²) in [6.07, 6.45) is 1.27. The molecule has 0 aliphatic carbocycles. The third-order valence-electron chi connectivity index (χ3n) is 3.11. The second-order valence-electron chi connectivity index (χ2n) is 4.96. The molecule has 2 aromatic rings. The van der Waals surface area contributed by atoms with Gasteiger partial charge in [-0.1, -0.05) is 0 Å². The lowest BCUT2D eigenvalue weighted by atomic mass is 10.2. The molecule has 0 unspecified atom stereocenters. The van der Waals surface area contributed by atoms with Crippen LogP contribution in [0.3, 0.4) is 0 Å². The van der Waals surface area contributed by atoms with Gasteiger partial charge in [-0.25, -0.2) is 5.43 Å². The van der Waals surface area contributed by atoms with Crippen molar-refractivity contribution in [2.75, 3.05) is 11.9 Å². The van der Waals surface area contributed by atoms with E-state index < -0.39 is 16.7 Å². The topological polar surface area (TPSA) is 123 Å². The first-order valence-corrected chi connectivity index (χ1v) is 7.61. The predicted molar refractivity (Wildman–Crippen MR) is 95.1 cm³/mol. The number of hydrogen-bond donors (Lipinski definition) is 2. The van der Waals surface area contributed by atoms with Gasteiger partial charge in [0.15, 0.2) is 0 Å². The summed E-state index contributed by atoms with van der Waals surface area (Å²) in [5.74, 6) is -1.17. The fourth-order valence-electron chi connectivity index (χ4n) is 1.89. The third kappa shape index (κ3) is 5.41. The normalized spacial score (nSPS) is 10.3. The van der Waals surface area contributed by atoms with Crippen molar-refractivity contribution in [1.82, 2.24) is 5.43 Å². The Morgan fingerprint density at radius 2 is 1.77 bits per heavy atom. The van der Waals surface area contributed by atoms with Crippen molar-refractivity contribution in [3.05, 3.63) is 64.2 Å². The highest BCUT2D eigenvalue weighted by atomic mass is 16.6. The van der Waals surface area contributed by atoms with Gasteiger partial charge in [-0.3, -0.25) is 19.7 Å². The maximum Gasteiger partial charge on any atom is 0.329 e. The van der Waals surface area contributed by atoms with Gasteiger partial charge >= 0.3 is 11.8 Å². The summed E-state index contributed by atoms with van der Waals surface area (Å²) in [4.78, 5) is 33.5. The van der Waals surface area contributed by atoms with Crippen molar-refractivity contribution in [3.63, 3.8) is 0 Å². The molecule has 9 heteroatoms.